The van der Waals surface area contributed by atoms with Crippen LogP contribution in [0.2, 0.25) is 0 Å². The highest BCUT2D eigenvalue weighted by atomic mass is 32.2. The van der Waals surface area contributed by atoms with Crippen LogP contribution in [0.15, 0.2) is 35.3 Å². The number of ether oxygens (including phenoxy) is 1. The van der Waals surface area contributed by atoms with Crippen molar-refractivity contribution < 1.29 is 19.4 Å². The Balaban J connectivity index is 1.71. The number of likely N-dealkylation sites (N-methyl/N-ethyl adjacent to an activating group) is 1. The van der Waals surface area contributed by atoms with Gasteiger partial charge < -0.3 is 19.6 Å². The number of carbonyl (C=O) groups excluding carboxylic acids is 2. The van der Waals surface area contributed by atoms with Gasteiger partial charge in [0, 0.05) is 12.3 Å². The fourth-order valence-corrected chi connectivity index (χ4v) is 3.90. The Bertz CT molecular complexity index is 727. The largest absolute Gasteiger partial charge is 0.491 e. The molecule has 146 valence electrons. The number of aliphatic hydroxyl groups is 1. The maximum Gasteiger partial charge on any atom is 0.325 e. The van der Waals surface area contributed by atoms with Crippen molar-refractivity contribution in [3.8, 4) is 5.75 Å². The zero-order valence-electron chi connectivity index (χ0n) is 15.5. The molecule has 9 heteroatoms. The number of benzene rings is 1. The average Bonchev–Trinajstić information content (AvgIpc) is 2.97. The first-order chi connectivity index (χ1) is 12.9. The van der Waals surface area contributed by atoms with E-state index < -0.39 is 30.2 Å². The van der Waals surface area contributed by atoms with Crippen LogP contribution in [0.3, 0.4) is 0 Å². The Labute approximate surface area is 162 Å². The summed E-state index contributed by atoms with van der Waals surface area (Å²) in [4.78, 5) is 32.1. The summed E-state index contributed by atoms with van der Waals surface area (Å²) < 4.78 is 5.61. The third-order valence-electron chi connectivity index (χ3n) is 4.26. The van der Waals surface area contributed by atoms with Gasteiger partial charge in [-0.15, -0.1) is 0 Å². The molecule has 3 unspecified atom stereocenters. The van der Waals surface area contributed by atoms with Gasteiger partial charge >= 0.3 is 6.03 Å². The molecule has 0 radical (unpaired) electrons. The smallest absolute Gasteiger partial charge is 0.325 e. The molecule has 2 heterocycles. The molecular weight excluding hydrogens is 368 g/mol. The van der Waals surface area contributed by atoms with Gasteiger partial charge in [0.1, 0.15) is 18.5 Å². The normalized spacial score (nSPS) is 23.2. The van der Waals surface area contributed by atoms with E-state index in [1.807, 2.05) is 44.2 Å². The zero-order chi connectivity index (χ0) is 19.6. The van der Waals surface area contributed by atoms with Gasteiger partial charge in [-0.25, -0.2) is 9.79 Å². The molecule has 3 amide bonds. The van der Waals surface area contributed by atoms with E-state index in [4.69, 9.17) is 4.74 Å². The van der Waals surface area contributed by atoms with Gasteiger partial charge in [0.25, 0.3) is 5.91 Å². The third-order valence-corrected chi connectivity index (χ3v) is 5.28. The Hall–Kier alpha value is -2.26. The number of nitrogens with one attached hydrogen (secondary N) is 1. The number of aliphatic imine (C=N–C) groups is 1. The van der Waals surface area contributed by atoms with Crippen molar-refractivity contribution in [1.29, 1.82) is 0 Å². The van der Waals surface area contributed by atoms with E-state index in [0.29, 0.717) is 10.9 Å². The lowest BCUT2D eigenvalue weighted by Crippen LogP contribution is -2.64. The highest BCUT2D eigenvalue weighted by molar-refractivity contribution is 8.14. The summed E-state index contributed by atoms with van der Waals surface area (Å²) in [5.74, 6) is 0.268. The molecular formula is C18H24N4O4S. The maximum absolute atomic E-state index is 12.4. The monoisotopic (exact) mass is 392 g/mol. The Morgan fingerprint density at radius 2 is 2.00 bits per heavy atom. The van der Waals surface area contributed by atoms with E-state index in [1.165, 1.54) is 16.7 Å². The van der Waals surface area contributed by atoms with E-state index in [9.17, 15) is 14.7 Å². The maximum atomic E-state index is 12.4. The second-order valence-corrected chi connectivity index (χ2v) is 8.32. The Morgan fingerprint density at radius 3 is 2.67 bits per heavy atom. The summed E-state index contributed by atoms with van der Waals surface area (Å²) >= 11 is 1.50. The van der Waals surface area contributed by atoms with Gasteiger partial charge in [-0.3, -0.25) is 10.1 Å². The average molecular weight is 392 g/mol. The predicted molar refractivity (Wildman–Crippen MR) is 104 cm³/mol. The van der Waals surface area contributed by atoms with Gasteiger partial charge in [0.15, 0.2) is 17.4 Å². The fourth-order valence-electron chi connectivity index (χ4n) is 2.99. The summed E-state index contributed by atoms with van der Waals surface area (Å²) in [7, 11) is 1.61. The number of para-hydroxylation sites is 1. The van der Waals surface area contributed by atoms with Gasteiger partial charge in [-0.05, 0) is 12.1 Å². The van der Waals surface area contributed by atoms with Crippen molar-refractivity contribution in [2.24, 2.45) is 4.99 Å². The molecule has 8 nitrogen and oxygen atoms in total. The molecule has 1 saturated heterocycles. The van der Waals surface area contributed by atoms with Crippen molar-refractivity contribution in [2.45, 2.75) is 37.4 Å². The highest BCUT2D eigenvalue weighted by Crippen LogP contribution is 2.30. The Kier molecular flexibility index (Phi) is 5.91. The number of thioether (sulfide) groups is 1. The number of nitrogens with zero attached hydrogens (tertiary/aromatic N) is 3. The molecule has 1 aromatic rings. The van der Waals surface area contributed by atoms with Gasteiger partial charge in [0.05, 0.1) is 6.54 Å². The van der Waals surface area contributed by atoms with Crippen LogP contribution in [0.25, 0.3) is 0 Å². The number of amides is 3. The number of carbonyl (C=O) groups is 2. The second-order valence-electron chi connectivity index (χ2n) is 6.77. The lowest BCUT2D eigenvalue weighted by Gasteiger charge is -2.37. The first kappa shape index (κ1) is 19.5. The SMILES string of the molecule is CC(C)SC1=NC2C(C(=O)NC(=O)N2C)N1CC(O)COc1ccccc1. The molecule has 0 aromatic heterocycles. The molecule has 1 fully saturated rings. The minimum Gasteiger partial charge on any atom is -0.491 e. The summed E-state index contributed by atoms with van der Waals surface area (Å²) in [6.07, 6.45) is -1.41. The van der Waals surface area contributed by atoms with Gasteiger partial charge in [-0.2, -0.15) is 0 Å². The number of fused-ring (bicyclic) bond motifs is 1. The van der Waals surface area contributed by atoms with Gasteiger partial charge in [-0.1, -0.05) is 43.8 Å². The van der Waals surface area contributed by atoms with Crippen molar-refractivity contribution in [3.05, 3.63) is 30.3 Å². The van der Waals surface area contributed by atoms with Crippen molar-refractivity contribution in [3.63, 3.8) is 0 Å². The van der Waals surface area contributed by atoms with Crippen LogP contribution in [0.1, 0.15) is 13.8 Å². The van der Waals surface area contributed by atoms with Crippen LogP contribution in [0.5, 0.6) is 5.75 Å². The van der Waals surface area contributed by atoms with E-state index in [1.54, 1.807) is 11.9 Å². The highest BCUT2D eigenvalue weighted by Gasteiger charge is 2.49. The number of hydrogen-bond acceptors (Lipinski definition) is 7. The quantitative estimate of drug-likeness (QED) is 0.753. The molecule has 27 heavy (non-hydrogen) atoms. The second kappa shape index (κ2) is 8.18. The van der Waals surface area contributed by atoms with Crippen LogP contribution in [0.4, 0.5) is 4.79 Å². The topological polar surface area (TPSA) is 94.5 Å². The van der Waals surface area contributed by atoms with E-state index >= 15 is 0 Å². The zero-order valence-corrected chi connectivity index (χ0v) is 16.3. The lowest BCUT2D eigenvalue weighted by molar-refractivity contribution is -0.127. The van der Waals surface area contributed by atoms with E-state index in [2.05, 4.69) is 10.3 Å². The first-order valence-corrected chi connectivity index (χ1v) is 9.69. The summed E-state index contributed by atoms with van der Waals surface area (Å²) in [6, 6.07) is 8.12. The van der Waals surface area contributed by atoms with E-state index in [0.717, 1.165) is 0 Å². The van der Waals surface area contributed by atoms with Crippen molar-refractivity contribution in [1.82, 2.24) is 15.1 Å². The van der Waals surface area contributed by atoms with Crippen LogP contribution in [-0.2, 0) is 4.79 Å². The Morgan fingerprint density at radius 1 is 1.30 bits per heavy atom. The number of rotatable bonds is 6. The summed E-state index contributed by atoms with van der Waals surface area (Å²) in [5, 5.41) is 13.7. The molecule has 0 saturated carbocycles. The number of amidine groups is 1. The van der Waals surface area contributed by atoms with Crippen molar-refractivity contribution >= 4 is 28.9 Å². The summed E-state index contributed by atoms with van der Waals surface area (Å²) in [6.45, 7) is 4.32. The standard InChI is InChI=1S/C18H24N4O4S/c1-11(2)27-18-19-15-14(16(24)20-17(25)21(15)3)22(18)9-12(23)10-26-13-7-5-4-6-8-13/h4-8,11-12,14-15,23H,9-10H2,1-3H3,(H,20,24,25). The summed E-state index contributed by atoms with van der Waals surface area (Å²) in [5.41, 5.74) is 0. The minimum absolute atomic E-state index is 0.0912. The third kappa shape index (κ3) is 4.36. The molecule has 2 aliphatic heterocycles. The van der Waals surface area contributed by atoms with Crippen molar-refractivity contribution in [2.75, 3.05) is 20.2 Å². The number of aliphatic hydroxyl groups excluding tert-OH is 1. The number of hydrogen-bond donors (Lipinski definition) is 2. The molecule has 2 aliphatic rings. The number of imide groups is 1. The molecule has 3 atom stereocenters. The number of urea groups is 1. The number of β-amino-alcohol motifs (C(OH)–C–C–N with tert-alkyl or cyclic N) is 1. The lowest BCUT2D eigenvalue weighted by atomic mass is 10.1. The predicted octanol–water partition coefficient (Wildman–Crippen LogP) is 1.12. The van der Waals surface area contributed by atoms with Gasteiger partial charge in [0.2, 0.25) is 0 Å². The molecule has 2 N–H and O–H groups in total. The molecule has 1 aromatic carbocycles. The van der Waals surface area contributed by atoms with E-state index in [-0.39, 0.29) is 18.4 Å². The molecule has 3 rings (SSSR count). The van der Waals surface area contributed by atoms with Crippen LogP contribution in [-0.4, -0.2) is 75.8 Å². The minimum atomic E-state index is -0.822. The fraction of sp³-hybridized carbons (Fsp3) is 0.500. The molecule has 0 aliphatic carbocycles. The van der Waals surface area contributed by atoms with Crippen LogP contribution < -0.4 is 10.1 Å². The van der Waals surface area contributed by atoms with Crippen LogP contribution in [0, 0.1) is 0 Å². The van der Waals surface area contributed by atoms with Crippen LogP contribution >= 0.6 is 11.8 Å². The molecule has 0 spiro atoms. The molecule has 0 bridgehead atoms. The first-order valence-electron chi connectivity index (χ1n) is 8.81.